The number of aromatic nitrogens is 1. The molecule has 0 amide bonds. The topological polar surface area (TPSA) is 48.4 Å². The van der Waals surface area contributed by atoms with Gasteiger partial charge >= 0.3 is 0 Å². The maximum atomic E-state index is 10.8. The second-order valence-electron chi connectivity index (χ2n) is 2.85. The van der Waals surface area contributed by atoms with Crippen molar-refractivity contribution in [2.24, 2.45) is 0 Å². The molecular weight excluding hydrogens is 194 g/mol. The van der Waals surface area contributed by atoms with Crippen LogP contribution in [0.2, 0.25) is 0 Å². The molecular formula is C11H13NO3. The molecule has 0 bridgehead atoms. The first-order valence-electron chi connectivity index (χ1n) is 4.45. The van der Waals surface area contributed by atoms with Crippen LogP contribution in [0, 0.1) is 0 Å². The molecule has 1 rings (SSSR count). The molecule has 0 spiro atoms. The second-order valence-corrected chi connectivity index (χ2v) is 2.85. The standard InChI is InChI=1S/C11H13NO3/c1-3-11(15-8-14-2)10-4-5-12-6-9(10)7-13/h3-7,11H,1,8H2,2H3. The lowest BCUT2D eigenvalue weighted by molar-refractivity contribution is -0.0567. The van der Waals surface area contributed by atoms with Gasteiger partial charge in [0.2, 0.25) is 0 Å². The van der Waals surface area contributed by atoms with Crippen LogP contribution < -0.4 is 0 Å². The first kappa shape index (κ1) is 11.6. The van der Waals surface area contributed by atoms with Gasteiger partial charge in [-0.05, 0) is 11.6 Å². The van der Waals surface area contributed by atoms with Gasteiger partial charge in [0.25, 0.3) is 0 Å². The van der Waals surface area contributed by atoms with Crippen LogP contribution in [-0.4, -0.2) is 25.2 Å². The number of carbonyl (C=O) groups is 1. The molecule has 0 aliphatic rings. The molecule has 1 unspecified atom stereocenters. The van der Waals surface area contributed by atoms with Gasteiger partial charge in [-0.25, -0.2) is 0 Å². The van der Waals surface area contributed by atoms with E-state index in [9.17, 15) is 4.79 Å². The molecule has 1 aromatic rings. The zero-order valence-corrected chi connectivity index (χ0v) is 8.55. The molecule has 15 heavy (non-hydrogen) atoms. The maximum Gasteiger partial charge on any atom is 0.151 e. The van der Waals surface area contributed by atoms with Gasteiger partial charge in [0.1, 0.15) is 12.9 Å². The highest BCUT2D eigenvalue weighted by atomic mass is 16.7. The monoisotopic (exact) mass is 207 g/mol. The lowest BCUT2D eigenvalue weighted by Crippen LogP contribution is -2.07. The number of ether oxygens (including phenoxy) is 2. The van der Waals surface area contributed by atoms with Gasteiger partial charge in [-0.15, -0.1) is 6.58 Å². The molecule has 0 N–H and O–H groups in total. The van der Waals surface area contributed by atoms with Crippen LogP contribution in [0.5, 0.6) is 0 Å². The lowest BCUT2D eigenvalue weighted by atomic mass is 10.1. The predicted octanol–water partition coefficient (Wildman–Crippen LogP) is 1.74. The van der Waals surface area contributed by atoms with Gasteiger partial charge in [0.05, 0.1) is 0 Å². The minimum absolute atomic E-state index is 0.150. The van der Waals surface area contributed by atoms with E-state index in [2.05, 4.69) is 11.6 Å². The summed E-state index contributed by atoms with van der Waals surface area (Å²) in [6.45, 7) is 3.80. The fourth-order valence-corrected chi connectivity index (χ4v) is 1.20. The SMILES string of the molecule is C=CC(OCOC)c1ccncc1C=O. The van der Waals surface area contributed by atoms with Crippen molar-refractivity contribution in [3.05, 3.63) is 42.2 Å². The van der Waals surface area contributed by atoms with Crippen LogP contribution >= 0.6 is 0 Å². The van der Waals surface area contributed by atoms with Crippen molar-refractivity contribution in [1.82, 2.24) is 4.98 Å². The Hall–Kier alpha value is -1.52. The lowest BCUT2D eigenvalue weighted by Gasteiger charge is -2.14. The average molecular weight is 207 g/mol. The van der Waals surface area contributed by atoms with Gasteiger partial charge in [-0.1, -0.05) is 6.08 Å². The van der Waals surface area contributed by atoms with E-state index in [0.29, 0.717) is 5.56 Å². The van der Waals surface area contributed by atoms with Gasteiger partial charge < -0.3 is 9.47 Å². The van der Waals surface area contributed by atoms with Crippen molar-refractivity contribution in [3.8, 4) is 0 Å². The first-order chi connectivity index (χ1) is 7.33. The molecule has 0 aliphatic heterocycles. The van der Waals surface area contributed by atoms with E-state index in [0.717, 1.165) is 11.8 Å². The first-order valence-corrected chi connectivity index (χ1v) is 4.45. The zero-order chi connectivity index (χ0) is 11.1. The maximum absolute atomic E-state index is 10.8. The third-order valence-corrected chi connectivity index (χ3v) is 1.90. The average Bonchev–Trinajstić information content (AvgIpc) is 2.30. The van der Waals surface area contributed by atoms with Crippen molar-refractivity contribution in [2.75, 3.05) is 13.9 Å². The summed E-state index contributed by atoms with van der Waals surface area (Å²) >= 11 is 0. The Labute approximate surface area is 88.5 Å². The summed E-state index contributed by atoms with van der Waals surface area (Å²) in [6, 6.07) is 1.73. The molecule has 4 heteroatoms. The van der Waals surface area contributed by atoms with Crippen molar-refractivity contribution >= 4 is 6.29 Å². The van der Waals surface area contributed by atoms with E-state index in [4.69, 9.17) is 9.47 Å². The Kier molecular flexibility index (Phi) is 4.66. The van der Waals surface area contributed by atoms with Crippen molar-refractivity contribution < 1.29 is 14.3 Å². The molecule has 1 atom stereocenters. The van der Waals surface area contributed by atoms with Crippen LogP contribution in [0.4, 0.5) is 0 Å². The summed E-state index contributed by atoms with van der Waals surface area (Å²) in [7, 11) is 1.54. The quantitative estimate of drug-likeness (QED) is 0.405. The van der Waals surface area contributed by atoms with E-state index in [1.165, 1.54) is 13.3 Å². The summed E-state index contributed by atoms with van der Waals surface area (Å²) in [4.78, 5) is 14.6. The Morgan fingerprint density at radius 3 is 3.07 bits per heavy atom. The van der Waals surface area contributed by atoms with E-state index in [1.807, 2.05) is 0 Å². The van der Waals surface area contributed by atoms with Crippen LogP contribution in [0.3, 0.4) is 0 Å². The normalized spacial score (nSPS) is 12.1. The highest BCUT2D eigenvalue weighted by Gasteiger charge is 2.11. The molecule has 80 valence electrons. The van der Waals surface area contributed by atoms with Crippen LogP contribution in [0.1, 0.15) is 22.0 Å². The third-order valence-electron chi connectivity index (χ3n) is 1.90. The summed E-state index contributed by atoms with van der Waals surface area (Å²) in [5.41, 5.74) is 1.24. The molecule has 0 radical (unpaired) electrons. The number of hydrogen-bond donors (Lipinski definition) is 0. The number of methoxy groups -OCH3 is 1. The molecule has 0 aromatic carbocycles. The number of pyridine rings is 1. The van der Waals surface area contributed by atoms with E-state index in [-0.39, 0.29) is 12.9 Å². The predicted molar refractivity (Wildman–Crippen MR) is 55.5 cm³/mol. The van der Waals surface area contributed by atoms with E-state index < -0.39 is 0 Å². The number of carbonyl (C=O) groups excluding carboxylic acids is 1. The van der Waals surface area contributed by atoms with Crippen LogP contribution in [0.25, 0.3) is 0 Å². The highest BCUT2D eigenvalue weighted by molar-refractivity contribution is 5.76. The number of hydrogen-bond acceptors (Lipinski definition) is 4. The number of nitrogens with zero attached hydrogens (tertiary/aromatic N) is 1. The molecule has 0 saturated heterocycles. The Morgan fingerprint density at radius 1 is 1.67 bits per heavy atom. The van der Waals surface area contributed by atoms with Gasteiger partial charge in [-0.3, -0.25) is 9.78 Å². The van der Waals surface area contributed by atoms with E-state index in [1.54, 1.807) is 18.3 Å². The summed E-state index contributed by atoms with van der Waals surface area (Å²) in [6.07, 6.45) is 5.11. The van der Waals surface area contributed by atoms with Crippen molar-refractivity contribution in [2.45, 2.75) is 6.10 Å². The minimum atomic E-state index is -0.354. The Morgan fingerprint density at radius 2 is 2.47 bits per heavy atom. The van der Waals surface area contributed by atoms with Gasteiger partial charge in [-0.2, -0.15) is 0 Å². The molecule has 4 nitrogen and oxygen atoms in total. The van der Waals surface area contributed by atoms with Gasteiger partial charge in [0, 0.05) is 25.1 Å². The van der Waals surface area contributed by atoms with E-state index >= 15 is 0 Å². The molecule has 0 aliphatic carbocycles. The smallest absolute Gasteiger partial charge is 0.151 e. The zero-order valence-electron chi connectivity index (χ0n) is 8.55. The molecule has 0 saturated carbocycles. The summed E-state index contributed by atoms with van der Waals surface area (Å²) < 4.78 is 10.1. The fourth-order valence-electron chi connectivity index (χ4n) is 1.20. The van der Waals surface area contributed by atoms with Crippen molar-refractivity contribution in [3.63, 3.8) is 0 Å². The Bertz CT molecular complexity index is 338. The molecule has 1 aromatic heterocycles. The molecule has 0 fully saturated rings. The Balaban J connectivity index is 2.90. The largest absolute Gasteiger partial charge is 0.359 e. The third kappa shape index (κ3) is 2.97. The highest BCUT2D eigenvalue weighted by Crippen LogP contribution is 2.20. The summed E-state index contributed by atoms with van der Waals surface area (Å²) in [5.74, 6) is 0. The van der Waals surface area contributed by atoms with Crippen LogP contribution in [0.15, 0.2) is 31.1 Å². The minimum Gasteiger partial charge on any atom is -0.359 e. The van der Waals surface area contributed by atoms with Gasteiger partial charge in [0.15, 0.2) is 6.29 Å². The summed E-state index contributed by atoms with van der Waals surface area (Å²) in [5, 5.41) is 0. The molecule has 1 heterocycles. The van der Waals surface area contributed by atoms with Crippen LogP contribution in [-0.2, 0) is 9.47 Å². The second kappa shape index (κ2) is 6.06. The number of aldehydes is 1. The van der Waals surface area contributed by atoms with Crippen molar-refractivity contribution in [1.29, 1.82) is 0 Å². The number of rotatable bonds is 6. The fraction of sp³-hybridized carbons (Fsp3) is 0.273.